The van der Waals surface area contributed by atoms with E-state index in [2.05, 4.69) is 9.88 Å². The number of hydrogen-bond acceptors (Lipinski definition) is 5. The highest BCUT2D eigenvalue weighted by Gasteiger charge is 2.29. The van der Waals surface area contributed by atoms with Crippen molar-refractivity contribution < 1.29 is 23.4 Å². The number of aliphatic hydroxyl groups excluding tert-OH is 1. The SMILES string of the molecule is COc1cc(CN2CC[C@@H](Oc3cc(F)cc(F)c3)[C@H](O)C2)ccn1. The maximum atomic E-state index is 13.2. The van der Waals surface area contributed by atoms with Crippen LogP contribution in [0.15, 0.2) is 36.5 Å². The van der Waals surface area contributed by atoms with Gasteiger partial charge in [0.15, 0.2) is 0 Å². The molecule has 0 aliphatic carbocycles. The first-order valence-electron chi connectivity index (χ1n) is 8.05. The average molecular weight is 350 g/mol. The van der Waals surface area contributed by atoms with E-state index in [-0.39, 0.29) is 5.75 Å². The third kappa shape index (κ3) is 4.64. The van der Waals surface area contributed by atoms with Gasteiger partial charge < -0.3 is 14.6 Å². The summed E-state index contributed by atoms with van der Waals surface area (Å²) >= 11 is 0. The minimum atomic E-state index is -0.746. The summed E-state index contributed by atoms with van der Waals surface area (Å²) in [6, 6.07) is 6.77. The number of nitrogens with zero attached hydrogens (tertiary/aromatic N) is 2. The van der Waals surface area contributed by atoms with Gasteiger partial charge in [0.25, 0.3) is 0 Å². The second-order valence-electron chi connectivity index (χ2n) is 6.06. The Labute approximate surface area is 144 Å². The highest BCUT2D eigenvalue weighted by atomic mass is 19.1. The Balaban J connectivity index is 1.58. The first-order chi connectivity index (χ1) is 12.0. The number of halogens is 2. The third-order valence-corrected chi connectivity index (χ3v) is 4.14. The van der Waals surface area contributed by atoms with Crippen molar-refractivity contribution in [3.63, 3.8) is 0 Å². The maximum Gasteiger partial charge on any atom is 0.213 e. The van der Waals surface area contributed by atoms with Gasteiger partial charge in [-0.2, -0.15) is 0 Å². The molecule has 0 bridgehead atoms. The van der Waals surface area contributed by atoms with E-state index in [1.807, 2.05) is 12.1 Å². The predicted octanol–water partition coefficient (Wildman–Crippen LogP) is 2.38. The van der Waals surface area contributed by atoms with Crippen molar-refractivity contribution in [3.8, 4) is 11.6 Å². The second-order valence-corrected chi connectivity index (χ2v) is 6.06. The molecule has 2 atom stereocenters. The fourth-order valence-corrected chi connectivity index (χ4v) is 2.95. The number of benzene rings is 1. The van der Waals surface area contributed by atoms with Crippen LogP contribution in [-0.2, 0) is 6.54 Å². The number of pyridine rings is 1. The van der Waals surface area contributed by atoms with E-state index >= 15 is 0 Å². The zero-order valence-electron chi connectivity index (χ0n) is 13.9. The van der Waals surface area contributed by atoms with Crippen LogP contribution in [0.1, 0.15) is 12.0 Å². The van der Waals surface area contributed by atoms with Gasteiger partial charge in [0.05, 0.1) is 7.11 Å². The number of likely N-dealkylation sites (tertiary alicyclic amines) is 1. The summed E-state index contributed by atoms with van der Waals surface area (Å²) in [7, 11) is 1.56. The molecule has 0 amide bonds. The Morgan fingerprint density at radius 3 is 2.68 bits per heavy atom. The number of methoxy groups -OCH3 is 1. The first kappa shape index (κ1) is 17.6. The van der Waals surface area contributed by atoms with Gasteiger partial charge in [-0.3, -0.25) is 4.90 Å². The predicted molar refractivity (Wildman–Crippen MR) is 87.5 cm³/mol. The normalized spacial score (nSPS) is 21.1. The monoisotopic (exact) mass is 350 g/mol. The summed E-state index contributed by atoms with van der Waals surface area (Å²) < 4.78 is 37.2. The molecule has 2 aromatic rings. The van der Waals surface area contributed by atoms with E-state index in [1.165, 1.54) is 0 Å². The number of ether oxygens (including phenoxy) is 2. The Hall–Kier alpha value is -2.25. The summed E-state index contributed by atoms with van der Waals surface area (Å²) in [5.41, 5.74) is 1.03. The molecule has 1 aliphatic rings. The molecule has 7 heteroatoms. The molecule has 0 radical (unpaired) electrons. The number of β-amino-alcohol motifs (C(OH)–C–C–N with tert-alkyl or cyclic N) is 1. The highest BCUT2D eigenvalue weighted by Crippen LogP contribution is 2.22. The molecule has 1 fully saturated rings. The summed E-state index contributed by atoms with van der Waals surface area (Å²) in [5, 5.41) is 10.3. The minimum absolute atomic E-state index is 0.0915. The lowest BCUT2D eigenvalue weighted by Crippen LogP contribution is -2.48. The molecule has 0 spiro atoms. The van der Waals surface area contributed by atoms with Crippen LogP contribution in [0.25, 0.3) is 0 Å². The van der Waals surface area contributed by atoms with Crippen LogP contribution in [0.3, 0.4) is 0 Å². The molecular weight excluding hydrogens is 330 g/mol. The number of aromatic nitrogens is 1. The van der Waals surface area contributed by atoms with Crippen LogP contribution < -0.4 is 9.47 Å². The molecule has 1 aromatic carbocycles. The quantitative estimate of drug-likeness (QED) is 0.897. The van der Waals surface area contributed by atoms with Crippen LogP contribution in [-0.4, -0.2) is 47.4 Å². The van der Waals surface area contributed by atoms with Crippen molar-refractivity contribution in [1.29, 1.82) is 0 Å². The van der Waals surface area contributed by atoms with Gasteiger partial charge in [0.2, 0.25) is 5.88 Å². The molecule has 2 heterocycles. The van der Waals surface area contributed by atoms with Gasteiger partial charge in [0, 0.05) is 50.1 Å². The molecule has 0 saturated carbocycles. The van der Waals surface area contributed by atoms with E-state index in [9.17, 15) is 13.9 Å². The van der Waals surface area contributed by atoms with Crippen LogP contribution in [0, 0.1) is 11.6 Å². The lowest BCUT2D eigenvalue weighted by Gasteiger charge is -2.36. The van der Waals surface area contributed by atoms with E-state index in [0.29, 0.717) is 31.9 Å². The Morgan fingerprint density at radius 1 is 1.24 bits per heavy atom. The number of piperidine rings is 1. The molecular formula is C18H20F2N2O3. The zero-order chi connectivity index (χ0) is 17.8. The zero-order valence-corrected chi connectivity index (χ0v) is 13.9. The number of aliphatic hydroxyl groups is 1. The topological polar surface area (TPSA) is 54.8 Å². The summed E-state index contributed by atoms with van der Waals surface area (Å²) in [6.07, 6.45) is 0.994. The van der Waals surface area contributed by atoms with Crippen LogP contribution in [0.4, 0.5) is 8.78 Å². The molecule has 1 N–H and O–H groups in total. The standard InChI is InChI=1S/C18H20F2N2O3/c1-24-18-6-12(2-4-21-18)10-22-5-3-17(16(23)11-22)25-15-8-13(19)7-14(20)9-15/h2,4,6-9,16-17,23H,3,5,10-11H2,1H3/t16-,17-/m1/s1. The molecule has 134 valence electrons. The lowest BCUT2D eigenvalue weighted by atomic mass is 10.0. The molecule has 0 unspecified atom stereocenters. The fourth-order valence-electron chi connectivity index (χ4n) is 2.95. The summed E-state index contributed by atoms with van der Waals surface area (Å²) in [6.45, 7) is 1.76. The summed E-state index contributed by atoms with van der Waals surface area (Å²) in [4.78, 5) is 6.16. The smallest absolute Gasteiger partial charge is 0.213 e. The van der Waals surface area contributed by atoms with Gasteiger partial charge in [-0.1, -0.05) is 0 Å². The molecule has 3 rings (SSSR count). The van der Waals surface area contributed by atoms with Crippen molar-refractivity contribution in [2.24, 2.45) is 0 Å². The van der Waals surface area contributed by atoms with E-state index in [1.54, 1.807) is 13.3 Å². The van der Waals surface area contributed by atoms with Gasteiger partial charge in [-0.05, 0) is 18.1 Å². The molecule has 1 aliphatic heterocycles. The second kappa shape index (κ2) is 7.76. The van der Waals surface area contributed by atoms with Crippen molar-refractivity contribution in [3.05, 3.63) is 53.7 Å². The number of rotatable bonds is 5. The molecule has 25 heavy (non-hydrogen) atoms. The lowest BCUT2D eigenvalue weighted by molar-refractivity contribution is -0.0277. The van der Waals surface area contributed by atoms with Crippen LogP contribution in [0.2, 0.25) is 0 Å². The third-order valence-electron chi connectivity index (χ3n) is 4.14. The first-order valence-corrected chi connectivity index (χ1v) is 8.05. The van der Waals surface area contributed by atoms with Gasteiger partial charge in [-0.15, -0.1) is 0 Å². The van der Waals surface area contributed by atoms with Crippen molar-refractivity contribution in [1.82, 2.24) is 9.88 Å². The minimum Gasteiger partial charge on any atom is -0.487 e. The molecule has 1 aromatic heterocycles. The van der Waals surface area contributed by atoms with Crippen molar-refractivity contribution in [2.45, 2.75) is 25.2 Å². The van der Waals surface area contributed by atoms with E-state index in [0.717, 1.165) is 23.8 Å². The number of hydrogen-bond donors (Lipinski definition) is 1. The largest absolute Gasteiger partial charge is 0.487 e. The molecule has 5 nitrogen and oxygen atoms in total. The highest BCUT2D eigenvalue weighted by molar-refractivity contribution is 5.24. The Bertz CT molecular complexity index is 709. The average Bonchev–Trinajstić information content (AvgIpc) is 2.57. The maximum absolute atomic E-state index is 13.2. The Kier molecular flexibility index (Phi) is 5.45. The summed E-state index contributed by atoms with van der Waals surface area (Å²) in [5.74, 6) is -0.764. The van der Waals surface area contributed by atoms with Gasteiger partial charge in [-0.25, -0.2) is 13.8 Å². The van der Waals surface area contributed by atoms with Gasteiger partial charge >= 0.3 is 0 Å². The fraction of sp³-hybridized carbons (Fsp3) is 0.389. The van der Waals surface area contributed by atoms with Gasteiger partial charge in [0.1, 0.15) is 29.6 Å². The molecule has 1 saturated heterocycles. The van der Waals surface area contributed by atoms with Crippen LogP contribution >= 0.6 is 0 Å². The Morgan fingerprint density at radius 2 is 2.00 bits per heavy atom. The van der Waals surface area contributed by atoms with E-state index < -0.39 is 23.8 Å². The van der Waals surface area contributed by atoms with Crippen molar-refractivity contribution >= 4 is 0 Å². The van der Waals surface area contributed by atoms with E-state index in [4.69, 9.17) is 9.47 Å². The van der Waals surface area contributed by atoms with Crippen LogP contribution in [0.5, 0.6) is 11.6 Å². The van der Waals surface area contributed by atoms with Crippen molar-refractivity contribution in [2.75, 3.05) is 20.2 Å².